The summed E-state index contributed by atoms with van der Waals surface area (Å²) in [5.41, 5.74) is 2.01. The fourth-order valence-electron chi connectivity index (χ4n) is 6.53. The van der Waals surface area contributed by atoms with Crippen molar-refractivity contribution in [3.8, 4) is 11.8 Å². The van der Waals surface area contributed by atoms with Gasteiger partial charge >= 0.3 is 0 Å². The number of benzene rings is 2. The largest absolute Gasteiger partial charge is 0.492 e. The van der Waals surface area contributed by atoms with Crippen molar-refractivity contribution >= 4 is 17.6 Å². The summed E-state index contributed by atoms with van der Waals surface area (Å²) in [4.78, 5) is 40.3. The Bertz CT molecular complexity index is 1480. The van der Waals surface area contributed by atoms with Crippen LogP contribution in [0.15, 0.2) is 72.9 Å². The van der Waals surface area contributed by atoms with E-state index in [-0.39, 0.29) is 17.2 Å². The quantitative estimate of drug-likeness (QED) is 0.357. The highest BCUT2D eigenvalue weighted by Gasteiger charge is 2.37. The molecule has 1 fully saturated rings. The second-order valence-electron chi connectivity index (χ2n) is 12.4. The van der Waals surface area contributed by atoms with Crippen molar-refractivity contribution in [3.05, 3.63) is 89.6 Å². The molecule has 0 saturated carbocycles. The number of nitriles is 1. The molecular formula is C37H46N6O3. The number of likely N-dealkylation sites (N-methyl/N-ethyl adjacent to an activating group) is 1. The number of pyridine rings is 1. The minimum Gasteiger partial charge on any atom is -0.492 e. The van der Waals surface area contributed by atoms with Crippen LogP contribution in [0.2, 0.25) is 0 Å². The molecule has 2 aromatic carbocycles. The summed E-state index contributed by atoms with van der Waals surface area (Å²) < 4.78 is 6.58. The molecule has 9 heteroatoms. The number of hydrogen-bond donors (Lipinski definition) is 0. The Balaban J connectivity index is 1.42. The van der Waals surface area contributed by atoms with Crippen LogP contribution in [0.4, 0.5) is 5.82 Å². The van der Waals surface area contributed by atoms with Crippen LogP contribution >= 0.6 is 0 Å². The second-order valence-corrected chi connectivity index (χ2v) is 12.4. The van der Waals surface area contributed by atoms with E-state index in [0.29, 0.717) is 62.8 Å². The van der Waals surface area contributed by atoms with Crippen molar-refractivity contribution in [2.75, 3.05) is 63.9 Å². The third kappa shape index (κ3) is 8.24. The van der Waals surface area contributed by atoms with Crippen LogP contribution in [0.3, 0.4) is 0 Å². The summed E-state index contributed by atoms with van der Waals surface area (Å²) in [5.74, 6) is 1.52. The zero-order chi connectivity index (χ0) is 32.4. The van der Waals surface area contributed by atoms with E-state index in [1.165, 1.54) is 0 Å². The molecule has 1 saturated heterocycles. The van der Waals surface area contributed by atoms with E-state index in [0.717, 1.165) is 56.7 Å². The SMILES string of the molecule is CCN(CC)CC(=O)N1CCC2(CCCN(c3ccc(C#N)cn3)CCN(Cc3ccccc3)C(=O)c3ccccc3OC2)CC1. The van der Waals surface area contributed by atoms with Gasteiger partial charge in [0.25, 0.3) is 5.91 Å². The number of rotatable bonds is 7. The Kier molecular flexibility index (Phi) is 11.3. The average molecular weight is 623 g/mol. The zero-order valence-corrected chi connectivity index (χ0v) is 27.2. The molecule has 5 rings (SSSR count). The molecule has 2 aliphatic rings. The van der Waals surface area contributed by atoms with Crippen LogP contribution in [0, 0.1) is 16.7 Å². The first-order valence-electron chi connectivity index (χ1n) is 16.6. The smallest absolute Gasteiger partial charge is 0.257 e. The van der Waals surface area contributed by atoms with Gasteiger partial charge in [-0.25, -0.2) is 4.98 Å². The van der Waals surface area contributed by atoms with E-state index in [2.05, 4.69) is 34.7 Å². The number of piperidine rings is 1. The van der Waals surface area contributed by atoms with Crippen molar-refractivity contribution in [1.29, 1.82) is 5.26 Å². The molecule has 1 spiro atoms. The summed E-state index contributed by atoms with van der Waals surface area (Å²) >= 11 is 0. The van der Waals surface area contributed by atoms with Crippen molar-refractivity contribution in [1.82, 2.24) is 19.7 Å². The van der Waals surface area contributed by atoms with Crippen LogP contribution in [-0.4, -0.2) is 90.5 Å². The molecule has 46 heavy (non-hydrogen) atoms. The van der Waals surface area contributed by atoms with E-state index in [9.17, 15) is 14.9 Å². The third-order valence-electron chi connectivity index (χ3n) is 9.56. The topological polar surface area (TPSA) is 93.0 Å². The Morgan fingerprint density at radius 1 is 0.935 bits per heavy atom. The van der Waals surface area contributed by atoms with E-state index < -0.39 is 0 Å². The predicted octanol–water partition coefficient (Wildman–Crippen LogP) is 5.23. The molecule has 0 unspecified atom stereocenters. The van der Waals surface area contributed by atoms with Crippen LogP contribution < -0.4 is 9.64 Å². The number of para-hydroxylation sites is 1. The fourth-order valence-corrected chi connectivity index (χ4v) is 6.53. The number of anilines is 1. The Morgan fingerprint density at radius 3 is 2.37 bits per heavy atom. The molecular weight excluding hydrogens is 576 g/mol. The van der Waals surface area contributed by atoms with Gasteiger partial charge in [-0.05, 0) is 68.6 Å². The van der Waals surface area contributed by atoms with E-state index in [4.69, 9.17) is 4.74 Å². The number of hydrogen-bond acceptors (Lipinski definition) is 7. The van der Waals surface area contributed by atoms with E-state index in [1.807, 2.05) is 70.5 Å². The number of likely N-dealkylation sites (tertiary alicyclic amines) is 1. The maximum atomic E-state index is 14.2. The molecule has 9 nitrogen and oxygen atoms in total. The van der Waals surface area contributed by atoms with Crippen LogP contribution in [0.25, 0.3) is 0 Å². The molecule has 0 atom stereocenters. The Hall–Kier alpha value is -4.42. The van der Waals surface area contributed by atoms with Gasteiger partial charge in [0.1, 0.15) is 17.6 Å². The van der Waals surface area contributed by atoms with Gasteiger partial charge in [0.15, 0.2) is 0 Å². The van der Waals surface area contributed by atoms with Gasteiger partial charge < -0.3 is 19.4 Å². The average Bonchev–Trinajstić information content (AvgIpc) is 3.11. The summed E-state index contributed by atoms with van der Waals surface area (Å²) in [6, 6.07) is 23.5. The number of carbonyl (C=O) groups excluding carboxylic acids is 2. The molecule has 2 amide bonds. The van der Waals surface area contributed by atoms with Gasteiger partial charge in [0.05, 0.1) is 24.3 Å². The fraction of sp³-hybridized carbons (Fsp3) is 0.459. The molecule has 2 aliphatic heterocycles. The monoisotopic (exact) mass is 622 g/mol. The van der Waals surface area contributed by atoms with Crippen molar-refractivity contribution < 1.29 is 14.3 Å². The van der Waals surface area contributed by atoms with Gasteiger partial charge in [0.2, 0.25) is 5.91 Å². The Labute approximate surface area is 273 Å². The minimum atomic E-state index is -0.121. The lowest BCUT2D eigenvalue weighted by molar-refractivity contribution is -0.135. The van der Waals surface area contributed by atoms with Gasteiger partial charge in [-0.2, -0.15) is 5.26 Å². The lowest BCUT2D eigenvalue weighted by atomic mass is 9.75. The predicted molar refractivity (Wildman–Crippen MR) is 180 cm³/mol. The highest BCUT2D eigenvalue weighted by Crippen LogP contribution is 2.38. The highest BCUT2D eigenvalue weighted by molar-refractivity contribution is 5.97. The van der Waals surface area contributed by atoms with Crippen LogP contribution in [0.5, 0.6) is 5.75 Å². The van der Waals surface area contributed by atoms with Gasteiger partial charge in [0, 0.05) is 50.9 Å². The number of fused-ring (bicyclic) bond motifs is 1. The van der Waals surface area contributed by atoms with Crippen molar-refractivity contribution in [3.63, 3.8) is 0 Å². The Morgan fingerprint density at radius 2 is 1.67 bits per heavy atom. The maximum absolute atomic E-state index is 14.2. The van der Waals surface area contributed by atoms with Crippen molar-refractivity contribution in [2.45, 2.75) is 46.1 Å². The van der Waals surface area contributed by atoms with Gasteiger partial charge in [-0.15, -0.1) is 0 Å². The molecule has 1 aromatic heterocycles. The third-order valence-corrected chi connectivity index (χ3v) is 9.56. The number of ether oxygens (including phenoxy) is 1. The first-order chi connectivity index (χ1) is 22.4. The van der Waals surface area contributed by atoms with Gasteiger partial charge in [-0.3, -0.25) is 14.5 Å². The normalized spacial score (nSPS) is 17.3. The number of aromatic nitrogens is 1. The van der Waals surface area contributed by atoms with E-state index in [1.54, 1.807) is 12.3 Å². The second kappa shape index (κ2) is 15.7. The molecule has 0 N–H and O–H groups in total. The molecule has 0 bridgehead atoms. The highest BCUT2D eigenvalue weighted by atomic mass is 16.5. The van der Waals surface area contributed by atoms with Crippen LogP contribution in [-0.2, 0) is 11.3 Å². The molecule has 0 radical (unpaired) electrons. The lowest BCUT2D eigenvalue weighted by Gasteiger charge is -2.42. The number of carbonyl (C=O) groups is 2. The molecule has 242 valence electrons. The number of amides is 2. The molecule has 0 aliphatic carbocycles. The summed E-state index contributed by atoms with van der Waals surface area (Å²) in [6.07, 6.45) is 5.15. The maximum Gasteiger partial charge on any atom is 0.257 e. The first-order valence-corrected chi connectivity index (χ1v) is 16.6. The summed E-state index contributed by atoms with van der Waals surface area (Å²) in [7, 11) is 0. The van der Waals surface area contributed by atoms with Gasteiger partial charge in [-0.1, -0.05) is 56.3 Å². The number of nitrogens with zero attached hydrogens (tertiary/aromatic N) is 6. The zero-order valence-electron chi connectivity index (χ0n) is 27.2. The van der Waals surface area contributed by atoms with Crippen LogP contribution in [0.1, 0.15) is 61.0 Å². The summed E-state index contributed by atoms with van der Waals surface area (Å²) in [6.45, 7) is 10.6. The molecule has 3 aromatic rings. The van der Waals surface area contributed by atoms with E-state index >= 15 is 0 Å². The van der Waals surface area contributed by atoms with Crippen molar-refractivity contribution in [2.24, 2.45) is 5.41 Å². The molecule has 3 heterocycles. The standard InChI is InChI=1S/C37H46N6O3/c1-3-40(4-2)28-35(44)42-21-18-37(19-22-42)17-10-20-41(34-16-15-31(25-38)26-39-34)23-24-43(27-30-11-6-5-7-12-30)36(45)32-13-8-9-14-33(32)46-29-37/h5-9,11-16,26H,3-4,10,17-24,27-29H2,1-2H3. The lowest BCUT2D eigenvalue weighted by Crippen LogP contribution is -2.48. The summed E-state index contributed by atoms with van der Waals surface area (Å²) in [5, 5.41) is 9.33. The minimum absolute atomic E-state index is 0.0719. The first kappa shape index (κ1) is 33.0.